The average molecular weight is 191 g/mol. The van der Waals surface area contributed by atoms with Crippen molar-refractivity contribution >= 4 is 23.2 Å². The van der Waals surface area contributed by atoms with Crippen LogP contribution in [0, 0.1) is 5.92 Å². The predicted octanol–water partition coefficient (Wildman–Crippen LogP) is 4.05. The zero-order valence-corrected chi connectivity index (χ0v) is 8.12. The molecule has 0 N–H and O–H groups in total. The van der Waals surface area contributed by atoms with Gasteiger partial charge in [0.2, 0.25) is 0 Å². The van der Waals surface area contributed by atoms with Crippen molar-refractivity contribution in [1.29, 1.82) is 0 Å². The van der Waals surface area contributed by atoms with Crippen molar-refractivity contribution in [3.8, 4) is 0 Å². The first-order valence-electron chi connectivity index (χ1n) is 3.88. The van der Waals surface area contributed by atoms with Gasteiger partial charge in [-0.3, -0.25) is 0 Å². The molecule has 11 heavy (non-hydrogen) atoms. The Hall–Kier alpha value is 0.0600. The van der Waals surface area contributed by atoms with E-state index in [1.807, 2.05) is 6.08 Å². The highest BCUT2D eigenvalue weighted by molar-refractivity contribution is 6.55. The van der Waals surface area contributed by atoms with E-state index in [4.69, 9.17) is 23.2 Å². The molecule has 0 saturated heterocycles. The quantitative estimate of drug-likeness (QED) is 0.548. The van der Waals surface area contributed by atoms with Crippen molar-refractivity contribution in [3.63, 3.8) is 0 Å². The Bertz CT molecular complexity index is 188. The molecule has 1 aliphatic rings. The van der Waals surface area contributed by atoms with Gasteiger partial charge < -0.3 is 0 Å². The summed E-state index contributed by atoms with van der Waals surface area (Å²) in [4.78, 5) is 0. The molecule has 0 heterocycles. The topological polar surface area (TPSA) is 0 Å². The van der Waals surface area contributed by atoms with Gasteiger partial charge >= 0.3 is 0 Å². The zero-order chi connectivity index (χ0) is 8.27. The fourth-order valence-electron chi connectivity index (χ4n) is 1.44. The molecule has 0 fully saturated rings. The summed E-state index contributed by atoms with van der Waals surface area (Å²) in [5.41, 5.74) is 1.45. The lowest BCUT2D eigenvalue weighted by Gasteiger charge is -2.15. The van der Waals surface area contributed by atoms with Crippen LogP contribution in [0.4, 0.5) is 0 Å². The molecule has 0 nitrogen and oxygen atoms in total. The molecule has 0 aromatic heterocycles. The van der Waals surface area contributed by atoms with Crippen LogP contribution in [0.5, 0.6) is 0 Å². The minimum Gasteiger partial charge on any atom is -0.0786 e. The van der Waals surface area contributed by atoms with Crippen molar-refractivity contribution in [2.24, 2.45) is 5.92 Å². The number of halogens is 2. The molecule has 0 aliphatic heterocycles. The first-order valence-corrected chi connectivity index (χ1v) is 4.64. The van der Waals surface area contributed by atoms with E-state index in [0.29, 0.717) is 10.4 Å². The van der Waals surface area contributed by atoms with E-state index in [2.05, 4.69) is 13.0 Å². The van der Waals surface area contributed by atoms with Gasteiger partial charge in [0.05, 0.1) is 0 Å². The monoisotopic (exact) mass is 190 g/mol. The Balaban J connectivity index is 2.60. The molecule has 1 rings (SSSR count). The molecule has 62 valence electrons. The molecule has 1 unspecified atom stereocenters. The van der Waals surface area contributed by atoms with Crippen LogP contribution in [0.3, 0.4) is 0 Å². The van der Waals surface area contributed by atoms with E-state index in [0.717, 1.165) is 0 Å². The van der Waals surface area contributed by atoms with Crippen LogP contribution in [0.2, 0.25) is 0 Å². The summed E-state index contributed by atoms with van der Waals surface area (Å²) in [5.74, 6) is 0.466. The van der Waals surface area contributed by atoms with Gasteiger partial charge in [0.25, 0.3) is 0 Å². The van der Waals surface area contributed by atoms with Crippen LogP contribution in [-0.2, 0) is 0 Å². The molecule has 0 amide bonds. The number of hydrogen-bond acceptors (Lipinski definition) is 0. The van der Waals surface area contributed by atoms with Gasteiger partial charge in [0.1, 0.15) is 4.49 Å². The fraction of sp³-hybridized carbons (Fsp3) is 0.556. The third-order valence-corrected chi connectivity index (χ3v) is 2.20. The first kappa shape index (κ1) is 9.15. The summed E-state index contributed by atoms with van der Waals surface area (Å²) >= 11 is 11.1. The third kappa shape index (κ3) is 3.31. The fourth-order valence-corrected chi connectivity index (χ4v) is 1.77. The zero-order valence-electron chi connectivity index (χ0n) is 6.61. The highest BCUT2D eigenvalue weighted by Gasteiger charge is 2.08. The van der Waals surface area contributed by atoms with Gasteiger partial charge in [-0.25, -0.2) is 0 Å². The molecule has 0 aromatic carbocycles. The predicted molar refractivity (Wildman–Crippen MR) is 50.9 cm³/mol. The van der Waals surface area contributed by atoms with Crippen LogP contribution in [0.25, 0.3) is 0 Å². The standard InChI is InChI=1S/C9H12Cl2/c1-7-3-2-4-8(5-7)6-9(10)11/h5-6,8H,2-4H2,1H3. The molecule has 2 heteroatoms. The Labute approximate surface area is 77.9 Å². The van der Waals surface area contributed by atoms with Crippen LogP contribution < -0.4 is 0 Å². The van der Waals surface area contributed by atoms with E-state index in [-0.39, 0.29) is 0 Å². The van der Waals surface area contributed by atoms with Gasteiger partial charge in [0, 0.05) is 0 Å². The van der Waals surface area contributed by atoms with Crippen LogP contribution in [0.15, 0.2) is 22.2 Å². The van der Waals surface area contributed by atoms with E-state index >= 15 is 0 Å². The number of rotatable bonds is 1. The van der Waals surface area contributed by atoms with Gasteiger partial charge in [-0.15, -0.1) is 0 Å². The highest BCUT2D eigenvalue weighted by Crippen LogP contribution is 2.25. The normalized spacial score (nSPS) is 24.3. The van der Waals surface area contributed by atoms with E-state index < -0.39 is 0 Å². The average Bonchev–Trinajstić information content (AvgIpc) is 1.85. The molecule has 0 bridgehead atoms. The molecule has 0 radical (unpaired) electrons. The van der Waals surface area contributed by atoms with E-state index in [1.54, 1.807) is 0 Å². The van der Waals surface area contributed by atoms with Crippen molar-refractivity contribution in [2.45, 2.75) is 26.2 Å². The highest BCUT2D eigenvalue weighted by atomic mass is 35.5. The molecular formula is C9H12Cl2. The van der Waals surface area contributed by atoms with Gasteiger partial charge in [-0.1, -0.05) is 34.9 Å². The summed E-state index contributed by atoms with van der Waals surface area (Å²) in [6, 6.07) is 0. The largest absolute Gasteiger partial charge is 0.103 e. The Morgan fingerprint density at radius 2 is 2.36 bits per heavy atom. The Kier molecular flexibility index (Phi) is 3.47. The van der Waals surface area contributed by atoms with E-state index in [9.17, 15) is 0 Å². The summed E-state index contributed by atoms with van der Waals surface area (Å²) in [5, 5.41) is 0. The smallest absolute Gasteiger partial charge is 0.0786 e. The molecule has 1 aliphatic carbocycles. The third-order valence-electron chi connectivity index (χ3n) is 1.95. The molecule has 0 saturated carbocycles. The summed E-state index contributed by atoms with van der Waals surface area (Å²) < 4.78 is 0.390. The maximum absolute atomic E-state index is 5.56. The number of hydrogen-bond donors (Lipinski definition) is 0. The lowest BCUT2D eigenvalue weighted by Crippen LogP contribution is -1.99. The maximum Gasteiger partial charge on any atom is 0.103 e. The lowest BCUT2D eigenvalue weighted by atomic mass is 9.91. The second kappa shape index (κ2) is 4.18. The summed E-state index contributed by atoms with van der Waals surface area (Å²) in [6.07, 6.45) is 7.81. The van der Waals surface area contributed by atoms with Crippen molar-refractivity contribution < 1.29 is 0 Å². The summed E-state index contributed by atoms with van der Waals surface area (Å²) in [6.45, 7) is 2.15. The molecule has 0 aromatic rings. The van der Waals surface area contributed by atoms with Crippen molar-refractivity contribution in [1.82, 2.24) is 0 Å². The van der Waals surface area contributed by atoms with Crippen LogP contribution in [-0.4, -0.2) is 0 Å². The van der Waals surface area contributed by atoms with Gasteiger partial charge in [-0.05, 0) is 38.2 Å². The lowest BCUT2D eigenvalue weighted by molar-refractivity contribution is 0.611. The van der Waals surface area contributed by atoms with Crippen LogP contribution >= 0.6 is 23.2 Å². The first-order chi connectivity index (χ1) is 5.18. The molecule has 1 atom stereocenters. The summed E-state index contributed by atoms with van der Waals surface area (Å²) in [7, 11) is 0. The molecular weight excluding hydrogens is 179 g/mol. The van der Waals surface area contributed by atoms with Crippen molar-refractivity contribution in [3.05, 3.63) is 22.2 Å². The minimum atomic E-state index is 0.390. The minimum absolute atomic E-state index is 0.390. The molecule has 0 spiro atoms. The maximum atomic E-state index is 5.56. The second-order valence-corrected chi connectivity index (χ2v) is 4.03. The second-order valence-electron chi connectivity index (χ2n) is 3.03. The van der Waals surface area contributed by atoms with E-state index in [1.165, 1.54) is 24.8 Å². The Morgan fingerprint density at radius 1 is 1.64 bits per heavy atom. The van der Waals surface area contributed by atoms with Gasteiger partial charge in [-0.2, -0.15) is 0 Å². The SMILES string of the molecule is CC1=CC(C=C(Cl)Cl)CCC1. The van der Waals surface area contributed by atoms with Gasteiger partial charge in [0.15, 0.2) is 0 Å². The Morgan fingerprint density at radius 3 is 2.91 bits per heavy atom. The number of allylic oxidation sites excluding steroid dienone is 3. The van der Waals surface area contributed by atoms with Crippen molar-refractivity contribution in [2.75, 3.05) is 0 Å². The van der Waals surface area contributed by atoms with Crippen LogP contribution in [0.1, 0.15) is 26.2 Å².